The van der Waals surface area contributed by atoms with Gasteiger partial charge in [0.2, 0.25) is 0 Å². The van der Waals surface area contributed by atoms with E-state index in [0.29, 0.717) is 30.1 Å². The number of nitrogens with zero attached hydrogens (tertiary/aromatic N) is 3. The van der Waals surface area contributed by atoms with Crippen molar-refractivity contribution in [2.24, 2.45) is 5.92 Å². The average Bonchev–Trinajstić information content (AvgIpc) is 3.04. The van der Waals surface area contributed by atoms with Crippen molar-refractivity contribution in [2.45, 2.75) is 25.5 Å². The SMILES string of the molecule is Cl.N#Cc1ccc2c(c1)CN(CC1CCN(C[C@H](O)c3ccc(F)cc3)CC1)C2=O. The molecular formula is C23H25ClFN3O2. The lowest BCUT2D eigenvalue weighted by Crippen LogP contribution is -2.40. The number of aliphatic hydroxyl groups is 1. The first kappa shape index (κ1) is 22.2. The molecule has 2 aliphatic rings. The molecular weight excluding hydrogens is 405 g/mol. The van der Waals surface area contributed by atoms with Gasteiger partial charge in [-0.3, -0.25) is 4.79 Å². The van der Waals surface area contributed by atoms with Crippen LogP contribution < -0.4 is 0 Å². The van der Waals surface area contributed by atoms with Crippen LogP contribution in [-0.2, 0) is 6.54 Å². The van der Waals surface area contributed by atoms with Crippen LogP contribution in [-0.4, -0.2) is 47.0 Å². The molecule has 0 aliphatic carbocycles. The third kappa shape index (κ3) is 4.81. The third-order valence-electron chi connectivity index (χ3n) is 5.98. The summed E-state index contributed by atoms with van der Waals surface area (Å²) in [4.78, 5) is 16.7. The zero-order valence-electron chi connectivity index (χ0n) is 16.6. The van der Waals surface area contributed by atoms with Crippen molar-refractivity contribution < 1.29 is 14.3 Å². The van der Waals surface area contributed by atoms with E-state index in [1.165, 1.54) is 12.1 Å². The molecule has 4 rings (SSSR count). The molecule has 0 aromatic heterocycles. The number of benzene rings is 2. The highest BCUT2D eigenvalue weighted by atomic mass is 35.5. The zero-order chi connectivity index (χ0) is 20.4. The topological polar surface area (TPSA) is 67.6 Å². The second-order valence-corrected chi connectivity index (χ2v) is 7.98. The first-order valence-electron chi connectivity index (χ1n) is 10.0. The summed E-state index contributed by atoms with van der Waals surface area (Å²) in [6.45, 7) is 3.58. The fourth-order valence-corrected chi connectivity index (χ4v) is 4.30. The van der Waals surface area contributed by atoms with Crippen LogP contribution in [0.3, 0.4) is 0 Å². The maximum absolute atomic E-state index is 13.0. The van der Waals surface area contributed by atoms with Gasteiger partial charge in [0.15, 0.2) is 0 Å². The highest BCUT2D eigenvalue weighted by Crippen LogP contribution is 2.28. The molecule has 2 aromatic carbocycles. The molecule has 1 N–H and O–H groups in total. The molecule has 1 saturated heterocycles. The second kappa shape index (κ2) is 9.57. The lowest BCUT2D eigenvalue weighted by atomic mass is 9.95. The lowest BCUT2D eigenvalue weighted by Gasteiger charge is -2.34. The standard InChI is InChI=1S/C23H24FN3O2.ClH/c24-20-4-2-18(3-5-20)22(28)15-26-9-7-16(8-10-26)13-27-14-19-11-17(12-25)1-6-21(19)23(27)29;/h1-6,11,16,22,28H,7-10,13-15H2;1H/t22-;/m0./s1. The maximum Gasteiger partial charge on any atom is 0.254 e. The van der Waals surface area contributed by atoms with E-state index in [1.54, 1.807) is 24.3 Å². The Bertz CT molecular complexity index is 936. The Morgan fingerprint density at radius 1 is 1.17 bits per heavy atom. The molecule has 0 unspecified atom stereocenters. The molecule has 0 bridgehead atoms. The summed E-state index contributed by atoms with van der Waals surface area (Å²) >= 11 is 0. The number of amides is 1. The molecule has 2 heterocycles. The van der Waals surface area contributed by atoms with Crippen LogP contribution in [0.4, 0.5) is 4.39 Å². The van der Waals surface area contributed by atoms with Gasteiger partial charge in [0.05, 0.1) is 17.7 Å². The van der Waals surface area contributed by atoms with E-state index < -0.39 is 6.10 Å². The maximum atomic E-state index is 13.0. The Balaban J connectivity index is 0.00000256. The number of likely N-dealkylation sites (tertiary alicyclic amines) is 1. The van der Waals surface area contributed by atoms with Gasteiger partial charge in [-0.1, -0.05) is 12.1 Å². The first-order valence-corrected chi connectivity index (χ1v) is 10.0. The summed E-state index contributed by atoms with van der Waals surface area (Å²) < 4.78 is 13.0. The predicted octanol–water partition coefficient (Wildman–Crippen LogP) is 3.52. The van der Waals surface area contributed by atoms with Crippen LogP contribution in [0.15, 0.2) is 42.5 Å². The normalized spacial score (nSPS) is 17.9. The molecule has 5 nitrogen and oxygen atoms in total. The summed E-state index contributed by atoms with van der Waals surface area (Å²) in [6, 6.07) is 13.4. The second-order valence-electron chi connectivity index (χ2n) is 7.98. The van der Waals surface area contributed by atoms with Gasteiger partial charge >= 0.3 is 0 Å². The van der Waals surface area contributed by atoms with Crippen LogP contribution in [0.5, 0.6) is 0 Å². The van der Waals surface area contributed by atoms with E-state index in [9.17, 15) is 14.3 Å². The van der Waals surface area contributed by atoms with Crippen molar-refractivity contribution in [3.8, 4) is 6.07 Å². The molecule has 1 fully saturated rings. The molecule has 0 saturated carbocycles. The zero-order valence-corrected chi connectivity index (χ0v) is 17.4. The minimum absolute atomic E-state index is 0. The lowest BCUT2D eigenvalue weighted by molar-refractivity contribution is 0.0654. The van der Waals surface area contributed by atoms with Gasteiger partial charge in [-0.2, -0.15) is 5.26 Å². The van der Waals surface area contributed by atoms with E-state index in [4.69, 9.17) is 5.26 Å². The Labute approximate surface area is 182 Å². The molecule has 1 amide bonds. The predicted molar refractivity (Wildman–Crippen MR) is 114 cm³/mol. The van der Waals surface area contributed by atoms with Crippen molar-refractivity contribution in [3.63, 3.8) is 0 Å². The third-order valence-corrected chi connectivity index (χ3v) is 5.98. The van der Waals surface area contributed by atoms with Gasteiger partial charge in [0.25, 0.3) is 5.91 Å². The number of aliphatic hydroxyl groups excluding tert-OH is 1. The van der Waals surface area contributed by atoms with Gasteiger partial charge in [-0.25, -0.2) is 4.39 Å². The summed E-state index contributed by atoms with van der Waals surface area (Å²) in [5.74, 6) is 0.186. The Kier molecular flexibility index (Phi) is 7.09. The number of piperidine rings is 1. The summed E-state index contributed by atoms with van der Waals surface area (Å²) in [5, 5.41) is 19.4. The van der Waals surface area contributed by atoms with Crippen LogP contribution in [0.2, 0.25) is 0 Å². The molecule has 1 atom stereocenters. The van der Waals surface area contributed by atoms with Gasteiger partial charge in [-0.05, 0) is 73.3 Å². The average molecular weight is 430 g/mol. The van der Waals surface area contributed by atoms with Crippen molar-refractivity contribution in [2.75, 3.05) is 26.2 Å². The summed E-state index contributed by atoms with van der Waals surface area (Å²) in [7, 11) is 0. The monoisotopic (exact) mass is 429 g/mol. The smallest absolute Gasteiger partial charge is 0.254 e. The highest BCUT2D eigenvalue weighted by molar-refractivity contribution is 5.98. The first-order chi connectivity index (χ1) is 14.0. The quantitative estimate of drug-likeness (QED) is 0.789. The molecule has 7 heteroatoms. The van der Waals surface area contributed by atoms with Crippen molar-refractivity contribution in [1.29, 1.82) is 5.26 Å². The largest absolute Gasteiger partial charge is 0.387 e. The minimum atomic E-state index is -0.629. The molecule has 2 aromatic rings. The van der Waals surface area contributed by atoms with Crippen LogP contribution in [0.25, 0.3) is 0 Å². The number of fused-ring (bicyclic) bond motifs is 1. The molecule has 158 valence electrons. The van der Waals surface area contributed by atoms with Gasteiger partial charge in [-0.15, -0.1) is 12.4 Å². The van der Waals surface area contributed by atoms with Crippen molar-refractivity contribution in [3.05, 3.63) is 70.5 Å². The van der Waals surface area contributed by atoms with Crippen LogP contribution >= 0.6 is 12.4 Å². The number of β-amino-alcohol motifs (C(OH)–C–C–N with tert-alkyl or cyclic N) is 1. The number of hydrogen-bond acceptors (Lipinski definition) is 4. The number of rotatable bonds is 5. The Morgan fingerprint density at radius 2 is 1.87 bits per heavy atom. The molecule has 0 radical (unpaired) electrons. The summed E-state index contributed by atoms with van der Waals surface area (Å²) in [6.07, 6.45) is 1.32. The Hall–Kier alpha value is -2.46. The van der Waals surface area contributed by atoms with E-state index in [-0.39, 0.29) is 24.1 Å². The number of halogens is 2. The van der Waals surface area contributed by atoms with Crippen LogP contribution in [0.1, 0.15) is 46.0 Å². The number of hydrogen-bond donors (Lipinski definition) is 1. The fraction of sp³-hybridized carbons (Fsp3) is 0.391. The minimum Gasteiger partial charge on any atom is -0.387 e. The van der Waals surface area contributed by atoms with E-state index >= 15 is 0 Å². The fourth-order valence-electron chi connectivity index (χ4n) is 4.30. The van der Waals surface area contributed by atoms with Crippen molar-refractivity contribution >= 4 is 18.3 Å². The molecule has 2 aliphatic heterocycles. The highest BCUT2D eigenvalue weighted by Gasteiger charge is 2.31. The van der Waals surface area contributed by atoms with Gasteiger partial charge < -0.3 is 14.9 Å². The van der Waals surface area contributed by atoms with Gasteiger partial charge in [0, 0.05) is 25.2 Å². The van der Waals surface area contributed by atoms with E-state index in [1.807, 2.05) is 11.0 Å². The van der Waals surface area contributed by atoms with Crippen LogP contribution in [0, 0.1) is 23.1 Å². The molecule has 30 heavy (non-hydrogen) atoms. The van der Waals surface area contributed by atoms with E-state index in [0.717, 1.165) is 43.6 Å². The van der Waals surface area contributed by atoms with Gasteiger partial charge in [0.1, 0.15) is 5.82 Å². The number of nitriles is 1. The number of carbonyl (C=O) groups is 1. The van der Waals surface area contributed by atoms with Crippen molar-refractivity contribution in [1.82, 2.24) is 9.80 Å². The molecule has 0 spiro atoms. The van der Waals surface area contributed by atoms with E-state index in [2.05, 4.69) is 11.0 Å². The summed E-state index contributed by atoms with van der Waals surface area (Å²) in [5.41, 5.74) is 2.97. The number of carbonyl (C=O) groups excluding carboxylic acids is 1. The Morgan fingerprint density at radius 3 is 2.53 bits per heavy atom.